The van der Waals surface area contributed by atoms with Gasteiger partial charge in [0.25, 0.3) is 0 Å². The minimum Gasteiger partial charge on any atom is -0.504 e. The van der Waals surface area contributed by atoms with Crippen molar-refractivity contribution in [2.75, 3.05) is 27.3 Å². The van der Waals surface area contributed by atoms with E-state index in [1.165, 1.54) is 0 Å². The monoisotopic (exact) mass is 360 g/mol. The average Bonchev–Trinajstić information content (AvgIpc) is 2.64. The first-order chi connectivity index (χ1) is 12.6. The molecule has 0 unspecified atom stereocenters. The third kappa shape index (κ3) is 6.13. The predicted molar refractivity (Wildman–Crippen MR) is 102 cm³/mol. The van der Waals surface area contributed by atoms with Crippen LogP contribution < -0.4 is 20.1 Å². The summed E-state index contributed by atoms with van der Waals surface area (Å²) in [7, 11) is 3.08. The Morgan fingerprint density at radius 2 is 1.15 bits per heavy atom. The van der Waals surface area contributed by atoms with Crippen molar-refractivity contribution in [3.05, 3.63) is 47.5 Å². The van der Waals surface area contributed by atoms with Gasteiger partial charge >= 0.3 is 0 Å². The van der Waals surface area contributed by atoms with E-state index in [2.05, 4.69) is 10.6 Å². The van der Waals surface area contributed by atoms with E-state index >= 15 is 0 Å². The quantitative estimate of drug-likeness (QED) is 0.461. The van der Waals surface area contributed by atoms with Crippen LogP contribution in [0.15, 0.2) is 36.4 Å². The van der Waals surface area contributed by atoms with Crippen molar-refractivity contribution in [3.8, 4) is 23.0 Å². The van der Waals surface area contributed by atoms with Crippen LogP contribution in [0.5, 0.6) is 23.0 Å². The van der Waals surface area contributed by atoms with Gasteiger partial charge in [-0.15, -0.1) is 0 Å². The summed E-state index contributed by atoms with van der Waals surface area (Å²) in [5.74, 6) is 1.32. The predicted octanol–water partition coefficient (Wildman–Crippen LogP) is 2.77. The lowest BCUT2D eigenvalue weighted by Crippen LogP contribution is -2.18. The number of hydrogen-bond donors (Lipinski definition) is 4. The highest BCUT2D eigenvalue weighted by atomic mass is 16.5. The Morgan fingerprint density at radius 1 is 0.731 bits per heavy atom. The molecule has 142 valence electrons. The van der Waals surface area contributed by atoms with E-state index in [4.69, 9.17) is 9.47 Å². The van der Waals surface area contributed by atoms with Gasteiger partial charge < -0.3 is 30.3 Å². The molecular formula is C20H28N2O4. The zero-order valence-corrected chi connectivity index (χ0v) is 15.4. The Labute approximate surface area is 154 Å². The SMILES string of the molecule is COc1ccc(CNCCCCNCc2ccc(OC)c(O)c2)cc1O. The van der Waals surface area contributed by atoms with Crippen molar-refractivity contribution in [3.63, 3.8) is 0 Å². The van der Waals surface area contributed by atoms with Gasteiger partial charge in [0.1, 0.15) is 0 Å². The Morgan fingerprint density at radius 3 is 1.50 bits per heavy atom. The molecule has 0 fully saturated rings. The summed E-state index contributed by atoms with van der Waals surface area (Å²) in [6, 6.07) is 10.9. The molecule has 0 aromatic heterocycles. The largest absolute Gasteiger partial charge is 0.504 e. The fraction of sp³-hybridized carbons (Fsp3) is 0.400. The number of aromatic hydroxyl groups is 2. The van der Waals surface area contributed by atoms with Crippen LogP contribution in [0.25, 0.3) is 0 Å². The molecule has 0 saturated heterocycles. The van der Waals surface area contributed by atoms with Crippen molar-refractivity contribution in [1.82, 2.24) is 10.6 Å². The number of phenols is 2. The van der Waals surface area contributed by atoms with Crippen LogP contribution in [0.2, 0.25) is 0 Å². The normalized spacial score (nSPS) is 10.7. The molecule has 6 nitrogen and oxygen atoms in total. The summed E-state index contributed by atoms with van der Waals surface area (Å²) in [4.78, 5) is 0. The molecule has 2 rings (SSSR count). The molecule has 4 N–H and O–H groups in total. The molecule has 2 aromatic carbocycles. The first kappa shape index (κ1) is 19.9. The van der Waals surface area contributed by atoms with Gasteiger partial charge in [-0.3, -0.25) is 0 Å². The first-order valence-electron chi connectivity index (χ1n) is 8.77. The number of nitrogens with one attached hydrogen (secondary N) is 2. The summed E-state index contributed by atoms with van der Waals surface area (Å²) in [5.41, 5.74) is 2.06. The van der Waals surface area contributed by atoms with Crippen molar-refractivity contribution in [1.29, 1.82) is 0 Å². The van der Waals surface area contributed by atoms with Gasteiger partial charge in [-0.1, -0.05) is 12.1 Å². The van der Waals surface area contributed by atoms with Crippen molar-refractivity contribution in [2.24, 2.45) is 0 Å². The molecule has 6 heteroatoms. The summed E-state index contributed by atoms with van der Waals surface area (Å²) in [5, 5.41) is 26.2. The third-order valence-corrected chi connectivity index (χ3v) is 4.10. The van der Waals surface area contributed by atoms with Crippen molar-refractivity contribution in [2.45, 2.75) is 25.9 Å². The fourth-order valence-electron chi connectivity index (χ4n) is 2.66. The second-order valence-electron chi connectivity index (χ2n) is 6.07. The van der Waals surface area contributed by atoms with Gasteiger partial charge in [0.15, 0.2) is 23.0 Å². The van der Waals surface area contributed by atoms with Crippen LogP contribution in [0.3, 0.4) is 0 Å². The van der Waals surface area contributed by atoms with E-state index in [9.17, 15) is 10.2 Å². The summed E-state index contributed by atoms with van der Waals surface area (Å²) < 4.78 is 10.1. The van der Waals surface area contributed by atoms with Crippen LogP contribution in [-0.2, 0) is 13.1 Å². The second-order valence-corrected chi connectivity index (χ2v) is 6.07. The highest BCUT2D eigenvalue weighted by Gasteiger charge is 2.03. The highest BCUT2D eigenvalue weighted by Crippen LogP contribution is 2.26. The van der Waals surface area contributed by atoms with Crippen LogP contribution in [0.1, 0.15) is 24.0 Å². The molecule has 0 saturated carbocycles. The Balaban J connectivity index is 1.55. The van der Waals surface area contributed by atoms with E-state index in [1.54, 1.807) is 38.5 Å². The van der Waals surface area contributed by atoms with Gasteiger partial charge in [-0.25, -0.2) is 0 Å². The minimum absolute atomic E-state index is 0.167. The van der Waals surface area contributed by atoms with Crippen molar-refractivity contribution < 1.29 is 19.7 Å². The molecule has 0 bridgehead atoms. The lowest BCUT2D eigenvalue weighted by atomic mass is 10.2. The van der Waals surface area contributed by atoms with Gasteiger partial charge in [0.2, 0.25) is 0 Å². The Bertz CT molecular complexity index is 632. The number of benzene rings is 2. The maximum Gasteiger partial charge on any atom is 0.160 e. The molecule has 0 heterocycles. The molecule has 0 aliphatic carbocycles. The van der Waals surface area contributed by atoms with E-state index in [-0.39, 0.29) is 11.5 Å². The molecule has 0 amide bonds. The average molecular weight is 360 g/mol. The second kappa shape index (κ2) is 10.5. The summed E-state index contributed by atoms with van der Waals surface area (Å²) in [6.45, 7) is 3.27. The Hall–Kier alpha value is -2.44. The van der Waals surface area contributed by atoms with Crippen LogP contribution in [0.4, 0.5) is 0 Å². The molecule has 0 spiro atoms. The van der Waals surface area contributed by atoms with E-state index in [0.717, 1.165) is 50.1 Å². The summed E-state index contributed by atoms with van der Waals surface area (Å²) in [6.07, 6.45) is 2.12. The minimum atomic E-state index is 0.167. The molecule has 0 aliphatic rings. The number of rotatable bonds is 11. The number of hydrogen-bond acceptors (Lipinski definition) is 6. The highest BCUT2D eigenvalue weighted by molar-refractivity contribution is 5.42. The zero-order valence-electron chi connectivity index (χ0n) is 15.4. The van der Waals surface area contributed by atoms with Crippen molar-refractivity contribution >= 4 is 0 Å². The molecular weight excluding hydrogens is 332 g/mol. The number of ether oxygens (including phenoxy) is 2. The molecule has 26 heavy (non-hydrogen) atoms. The maximum absolute atomic E-state index is 9.75. The number of methoxy groups -OCH3 is 2. The number of unbranched alkanes of at least 4 members (excludes halogenated alkanes) is 1. The van der Waals surface area contributed by atoms with Gasteiger partial charge in [-0.05, 0) is 61.3 Å². The summed E-state index contributed by atoms with van der Waals surface area (Å²) >= 11 is 0. The Kier molecular flexibility index (Phi) is 8.05. The zero-order chi connectivity index (χ0) is 18.8. The van der Waals surface area contributed by atoms with Crippen LogP contribution >= 0.6 is 0 Å². The third-order valence-electron chi connectivity index (χ3n) is 4.10. The maximum atomic E-state index is 9.75. The molecule has 2 aromatic rings. The molecule has 0 atom stereocenters. The topological polar surface area (TPSA) is 83.0 Å². The first-order valence-corrected chi connectivity index (χ1v) is 8.77. The van der Waals surface area contributed by atoms with Gasteiger partial charge in [0, 0.05) is 13.1 Å². The lowest BCUT2D eigenvalue weighted by Gasteiger charge is -2.09. The van der Waals surface area contributed by atoms with Crippen LogP contribution in [0, 0.1) is 0 Å². The van der Waals surface area contributed by atoms with Crippen LogP contribution in [-0.4, -0.2) is 37.5 Å². The number of phenolic OH excluding ortho intramolecular Hbond substituents is 2. The van der Waals surface area contributed by atoms with E-state index in [1.807, 2.05) is 12.1 Å². The van der Waals surface area contributed by atoms with E-state index in [0.29, 0.717) is 11.5 Å². The lowest BCUT2D eigenvalue weighted by molar-refractivity contribution is 0.373. The van der Waals surface area contributed by atoms with E-state index < -0.39 is 0 Å². The fourth-order valence-corrected chi connectivity index (χ4v) is 2.66. The molecule has 0 radical (unpaired) electrons. The van der Waals surface area contributed by atoms with Gasteiger partial charge in [-0.2, -0.15) is 0 Å². The van der Waals surface area contributed by atoms with Gasteiger partial charge in [0.05, 0.1) is 14.2 Å². The molecule has 0 aliphatic heterocycles. The standard InChI is InChI=1S/C20H28N2O4/c1-25-19-7-5-15(11-17(19)23)13-21-9-3-4-10-22-14-16-6-8-20(26-2)18(24)12-16/h5-8,11-12,21-24H,3-4,9-10,13-14H2,1-2H3. The smallest absolute Gasteiger partial charge is 0.160 e.